The highest BCUT2D eigenvalue weighted by Crippen LogP contribution is 2.46. The highest BCUT2D eigenvalue weighted by molar-refractivity contribution is 7.80. The third kappa shape index (κ3) is 2.61. The Morgan fingerprint density at radius 1 is 1.58 bits per heavy atom. The van der Waals surface area contributed by atoms with Gasteiger partial charge < -0.3 is 20.5 Å². The standard InChI is InChI=1S/C13H22N2O3S/c1-9-5-13(6-9,10(14)19)11(16)15-7-12(17-2)3-4-18-8-12/h9H,3-8H2,1-2H3,(H2,14,19)(H,15,16). The van der Waals surface area contributed by atoms with E-state index in [1.807, 2.05) is 0 Å². The molecule has 2 fully saturated rings. The van der Waals surface area contributed by atoms with Crippen LogP contribution in [0, 0.1) is 11.3 Å². The Kier molecular flexibility index (Phi) is 4.13. The normalized spacial score (nSPS) is 37.7. The van der Waals surface area contributed by atoms with Crippen LogP contribution < -0.4 is 11.1 Å². The molecule has 1 saturated heterocycles. The number of methoxy groups -OCH3 is 1. The van der Waals surface area contributed by atoms with Crippen LogP contribution in [0.15, 0.2) is 0 Å². The third-order valence-corrected chi connectivity index (χ3v) is 4.76. The fraction of sp³-hybridized carbons (Fsp3) is 0.846. The summed E-state index contributed by atoms with van der Waals surface area (Å²) in [5.41, 5.74) is 4.71. The highest BCUT2D eigenvalue weighted by atomic mass is 32.1. The third-order valence-electron chi connectivity index (χ3n) is 4.37. The van der Waals surface area contributed by atoms with E-state index in [9.17, 15) is 4.79 Å². The van der Waals surface area contributed by atoms with Gasteiger partial charge in [0, 0.05) is 26.7 Å². The Hall–Kier alpha value is -0.720. The first-order valence-corrected chi connectivity index (χ1v) is 7.06. The second kappa shape index (κ2) is 5.34. The van der Waals surface area contributed by atoms with Gasteiger partial charge in [-0.05, 0) is 18.8 Å². The van der Waals surface area contributed by atoms with Crippen LogP contribution in [0.3, 0.4) is 0 Å². The molecule has 1 aliphatic heterocycles. The molecule has 1 unspecified atom stereocenters. The highest BCUT2D eigenvalue weighted by Gasteiger charge is 2.51. The van der Waals surface area contributed by atoms with Gasteiger partial charge in [-0.25, -0.2) is 0 Å². The van der Waals surface area contributed by atoms with Crippen molar-refractivity contribution in [3.63, 3.8) is 0 Å². The molecule has 108 valence electrons. The van der Waals surface area contributed by atoms with E-state index in [4.69, 9.17) is 27.4 Å². The number of nitrogens with one attached hydrogen (secondary N) is 1. The van der Waals surface area contributed by atoms with Crippen molar-refractivity contribution in [1.82, 2.24) is 5.32 Å². The number of hydrogen-bond acceptors (Lipinski definition) is 4. The predicted octanol–water partition coefficient (Wildman–Crippen LogP) is 0.611. The molecule has 0 bridgehead atoms. The zero-order chi connectivity index (χ0) is 14.1. The Bertz CT molecular complexity index is 374. The van der Waals surface area contributed by atoms with Crippen molar-refractivity contribution >= 4 is 23.1 Å². The van der Waals surface area contributed by atoms with Crippen molar-refractivity contribution in [2.24, 2.45) is 17.1 Å². The summed E-state index contributed by atoms with van der Waals surface area (Å²) in [6, 6.07) is 0. The van der Waals surface area contributed by atoms with E-state index < -0.39 is 11.0 Å². The molecule has 0 aromatic carbocycles. The Labute approximate surface area is 119 Å². The number of carbonyl (C=O) groups excluding carboxylic acids is 1. The van der Waals surface area contributed by atoms with Gasteiger partial charge in [-0.2, -0.15) is 0 Å². The Balaban J connectivity index is 1.95. The van der Waals surface area contributed by atoms with E-state index in [1.165, 1.54) is 0 Å². The average molecular weight is 286 g/mol. The van der Waals surface area contributed by atoms with Crippen LogP contribution in [-0.4, -0.2) is 43.4 Å². The van der Waals surface area contributed by atoms with Crippen LogP contribution in [0.5, 0.6) is 0 Å². The largest absolute Gasteiger partial charge is 0.392 e. The summed E-state index contributed by atoms with van der Waals surface area (Å²) in [5.74, 6) is 0.430. The molecule has 0 aromatic rings. The molecule has 19 heavy (non-hydrogen) atoms. The molecule has 2 rings (SSSR count). The summed E-state index contributed by atoms with van der Waals surface area (Å²) in [5, 5.41) is 2.95. The van der Waals surface area contributed by atoms with Gasteiger partial charge in [0.05, 0.1) is 17.0 Å². The smallest absolute Gasteiger partial charge is 0.233 e. The van der Waals surface area contributed by atoms with Gasteiger partial charge in [0.25, 0.3) is 0 Å². The first kappa shape index (κ1) is 14.7. The maximum atomic E-state index is 12.4. The van der Waals surface area contributed by atoms with Crippen LogP contribution in [0.4, 0.5) is 0 Å². The topological polar surface area (TPSA) is 73.6 Å². The fourth-order valence-corrected chi connectivity index (χ4v) is 3.26. The fourth-order valence-electron chi connectivity index (χ4n) is 3.00. The summed E-state index contributed by atoms with van der Waals surface area (Å²) >= 11 is 5.08. The van der Waals surface area contributed by atoms with Gasteiger partial charge in [0.15, 0.2) is 0 Å². The van der Waals surface area contributed by atoms with Gasteiger partial charge in [-0.3, -0.25) is 4.79 Å². The van der Waals surface area contributed by atoms with Crippen LogP contribution >= 0.6 is 12.2 Å². The monoisotopic (exact) mass is 286 g/mol. The maximum Gasteiger partial charge on any atom is 0.233 e. The van der Waals surface area contributed by atoms with Crippen LogP contribution in [-0.2, 0) is 14.3 Å². The van der Waals surface area contributed by atoms with Gasteiger partial charge >= 0.3 is 0 Å². The number of thiocarbonyl (C=S) groups is 1. The molecular formula is C13H22N2O3S. The van der Waals surface area contributed by atoms with Crippen LogP contribution in [0.25, 0.3) is 0 Å². The number of carbonyl (C=O) groups is 1. The zero-order valence-electron chi connectivity index (χ0n) is 11.5. The molecule has 1 heterocycles. The number of ether oxygens (including phenoxy) is 2. The molecule has 1 aliphatic carbocycles. The first-order valence-electron chi connectivity index (χ1n) is 6.65. The van der Waals surface area contributed by atoms with Crippen molar-refractivity contribution in [2.75, 3.05) is 26.9 Å². The molecule has 6 heteroatoms. The summed E-state index contributed by atoms with van der Waals surface area (Å²) < 4.78 is 10.8. The van der Waals surface area contributed by atoms with Gasteiger partial charge in [0.1, 0.15) is 5.60 Å². The van der Waals surface area contributed by atoms with E-state index in [0.717, 1.165) is 19.3 Å². The minimum absolute atomic E-state index is 0.0681. The van der Waals surface area contributed by atoms with Crippen LogP contribution in [0.2, 0.25) is 0 Å². The van der Waals surface area contributed by atoms with Crippen LogP contribution in [0.1, 0.15) is 26.2 Å². The second-order valence-corrected chi connectivity index (χ2v) is 6.27. The van der Waals surface area contributed by atoms with E-state index in [1.54, 1.807) is 7.11 Å². The molecule has 1 amide bonds. The summed E-state index contributed by atoms with van der Waals surface area (Å²) in [7, 11) is 1.65. The molecular weight excluding hydrogens is 264 g/mol. The van der Waals surface area contributed by atoms with E-state index >= 15 is 0 Å². The second-order valence-electron chi connectivity index (χ2n) is 5.83. The lowest BCUT2D eigenvalue weighted by Gasteiger charge is -2.44. The summed E-state index contributed by atoms with van der Waals surface area (Å²) in [6.45, 7) is 3.73. The van der Waals surface area contributed by atoms with Crippen molar-refractivity contribution in [3.8, 4) is 0 Å². The molecule has 0 spiro atoms. The SMILES string of the molecule is COC1(CNC(=O)C2(C(N)=S)CC(C)C2)CCOC1. The Morgan fingerprint density at radius 2 is 2.26 bits per heavy atom. The van der Waals surface area contributed by atoms with Crippen molar-refractivity contribution < 1.29 is 14.3 Å². The lowest BCUT2D eigenvalue weighted by Crippen LogP contribution is -2.58. The average Bonchev–Trinajstić information content (AvgIpc) is 2.81. The molecule has 0 aromatic heterocycles. The number of nitrogens with two attached hydrogens (primary N) is 1. The lowest BCUT2D eigenvalue weighted by molar-refractivity contribution is -0.134. The molecule has 3 N–H and O–H groups in total. The quantitative estimate of drug-likeness (QED) is 0.725. The van der Waals surface area contributed by atoms with Crippen molar-refractivity contribution in [3.05, 3.63) is 0 Å². The van der Waals surface area contributed by atoms with Gasteiger partial charge in [-0.15, -0.1) is 0 Å². The molecule has 5 nitrogen and oxygen atoms in total. The summed E-state index contributed by atoms with van der Waals surface area (Å²) in [6.07, 6.45) is 2.27. The molecule has 0 radical (unpaired) electrons. The minimum atomic E-state index is -0.650. The molecule has 1 atom stereocenters. The number of hydrogen-bond donors (Lipinski definition) is 2. The lowest BCUT2D eigenvalue weighted by atomic mass is 9.62. The van der Waals surface area contributed by atoms with Crippen molar-refractivity contribution in [1.29, 1.82) is 0 Å². The van der Waals surface area contributed by atoms with E-state index in [-0.39, 0.29) is 5.91 Å². The first-order chi connectivity index (χ1) is 8.94. The summed E-state index contributed by atoms with van der Waals surface area (Å²) in [4.78, 5) is 12.7. The van der Waals surface area contributed by atoms with Gasteiger partial charge in [0.2, 0.25) is 5.91 Å². The minimum Gasteiger partial charge on any atom is -0.392 e. The number of amides is 1. The molecule has 1 saturated carbocycles. The van der Waals surface area contributed by atoms with Crippen molar-refractivity contribution in [2.45, 2.75) is 31.8 Å². The molecule has 2 aliphatic rings. The zero-order valence-corrected chi connectivity index (χ0v) is 12.3. The Morgan fingerprint density at radius 3 is 2.68 bits per heavy atom. The van der Waals surface area contributed by atoms with Gasteiger partial charge in [-0.1, -0.05) is 19.1 Å². The number of rotatable bonds is 5. The van der Waals surface area contributed by atoms with E-state index in [0.29, 0.717) is 30.7 Å². The predicted molar refractivity (Wildman–Crippen MR) is 75.8 cm³/mol. The van der Waals surface area contributed by atoms with E-state index in [2.05, 4.69) is 12.2 Å². The maximum absolute atomic E-state index is 12.4.